The Labute approximate surface area is 166 Å². The molecule has 3 rings (SSSR count). The smallest absolute Gasteiger partial charge is 0.214 e. The van der Waals surface area contributed by atoms with E-state index in [1.54, 1.807) is 0 Å². The average Bonchev–Trinajstić information content (AvgIpc) is 3.10. The molecule has 1 aliphatic rings. The van der Waals surface area contributed by atoms with Gasteiger partial charge in [-0.1, -0.05) is 24.3 Å². The minimum Gasteiger partial charge on any atom is -0.494 e. The number of nitrogens with two attached hydrogens (primary N) is 2. The van der Waals surface area contributed by atoms with Crippen LogP contribution in [0.3, 0.4) is 0 Å². The fraction of sp³-hybridized carbons (Fsp3) is 0.364. The number of nitrogens with zero attached hydrogens (tertiary/aromatic N) is 2. The van der Waals surface area contributed by atoms with Crippen LogP contribution in [0.25, 0.3) is 11.1 Å². The van der Waals surface area contributed by atoms with Crippen LogP contribution < -0.4 is 16.2 Å². The predicted molar refractivity (Wildman–Crippen MR) is 111 cm³/mol. The topological polar surface area (TPSA) is 105 Å². The van der Waals surface area contributed by atoms with Crippen molar-refractivity contribution in [1.82, 2.24) is 4.90 Å². The highest BCUT2D eigenvalue weighted by molar-refractivity contribution is 5.70. The van der Waals surface area contributed by atoms with Gasteiger partial charge in [0, 0.05) is 26.1 Å². The molecule has 1 aliphatic heterocycles. The molecule has 2 aromatic rings. The molecule has 6 nitrogen and oxygen atoms in total. The summed E-state index contributed by atoms with van der Waals surface area (Å²) in [6.45, 7) is 5.21. The van der Waals surface area contributed by atoms with Crippen LogP contribution in [-0.2, 0) is 4.79 Å². The largest absolute Gasteiger partial charge is 0.494 e. The second-order valence-corrected chi connectivity index (χ2v) is 6.88. The molecule has 0 radical (unpaired) electrons. The lowest BCUT2D eigenvalue weighted by Crippen LogP contribution is -2.28. The van der Waals surface area contributed by atoms with E-state index in [9.17, 15) is 4.79 Å². The zero-order chi connectivity index (χ0) is 20.4. The number of benzene rings is 2. The Bertz CT molecular complexity index is 778. The zero-order valence-electron chi connectivity index (χ0n) is 16.3. The number of carbonyl (C=O) groups excluding carboxylic acids is 1. The SMILES string of the molecule is CC(N)=O.N#Cc1ccc(-c2ccc(OCCCN3CC[C@@H](N)C3)cc2)cc1. The fourth-order valence-electron chi connectivity index (χ4n) is 3.02. The Morgan fingerprint density at radius 1 is 1.18 bits per heavy atom. The van der Waals surface area contributed by atoms with E-state index in [2.05, 4.69) is 28.8 Å². The molecule has 1 amide bonds. The molecule has 2 aromatic carbocycles. The predicted octanol–water partition coefficient (Wildman–Crippen LogP) is 2.52. The highest BCUT2D eigenvalue weighted by Crippen LogP contribution is 2.23. The Morgan fingerprint density at radius 2 is 1.75 bits per heavy atom. The maximum Gasteiger partial charge on any atom is 0.214 e. The first kappa shape index (κ1) is 21.4. The molecule has 0 spiro atoms. The third-order valence-electron chi connectivity index (χ3n) is 4.40. The molecule has 0 unspecified atom stereocenters. The van der Waals surface area contributed by atoms with E-state index < -0.39 is 0 Å². The van der Waals surface area contributed by atoms with Gasteiger partial charge < -0.3 is 21.1 Å². The second kappa shape index (κ2) is 11.1. The molecule has 148 valence electrons. The third-order valence-corrected chi connectivity index (χ3v) is 4.40. The first-order valence-corrected chi connectivity index (χ1v) is 9.45. The van der Waals surface area contributed by atoms with E-state index in [0.29, 0.717) is 11.6 Å². The summed E-state index contributed by atoms with van der Waals surface area (Å²) in [5, 5.41) is 8.84. The van der Waals surface area contributed by atoms with Crippen LogP contribution in [-0.4, -0.2) is 43.1 Å². The quantitative estimate of drug-likeness (QED) is 0.749. The molecule has 0 bridgehead atoms. The molecule has 1 saturated heterocycles. The number of hydrogen-bond donors (Lipinski definition) is 2. The van der Waals surface area contributed by atoms with Gasteiger partial charge in [-0.05, 0) is 54.8 Å². The Morgan fingerprint density at radius 3 is 2.25 bits per heavy atom. The fourth-order valence-corrected chi connectivity index (χ4v) is 3.02. The number of nitriles is 1. The molecular weight excluding hydrogens is 352 g/mol. The molecule has 28 heavy (non-hydrogen) atoms. The van der Waals surface area contributed by atoms with E-state index in [-0.39, 0.29) is 5.91 Å². The van der Waals surface area contributed by atoms with Crippen LogP contribution in [0.1, 0.15) is 25.3 Å². The summed E-state index contributed by atoms with van der Waals surface area (Å²) in [7, 11) is 0. The maximum atomic E-state index is 9.22. The molecule has 0 aromatic heterocycles. The van der Waals surface area contributed by atoms with Crippen molar-refractivity contribution in [2.45, 2.75) is 25.8 Å². The molecule has 0 saturated carbocycles. The molecule has 6 heteroatoms. The van der Waals surface area contributed by atoms with E-state index >= 15 is 0 Å². The van der Waals surface area contributed by atoms with Gasteiger partial charge in [0.1, 0.15) is 5.75 Å². The minimum atomic E-state index is -0.333. The normalized spacial score (nSPS) is 16.0. The Hall–Kier alpha value is -2.88. The summed E-state index contributed by atoms with van der Waals surface area (Å²) >= 11 is 0. The van der Waals surface area contributed by atoms with Crippen LogP contribution in [0, 0.1) is 11.3 Å². The van der Waals surface area contributed by atoms with Crippen molar-refractivity contribution >= 4 is 5.91 Å². The summed E-state index contributed by atoms with van der Waals surface area (Å²) in [6.07, 6.45) is 2.13. The number of carbonyl (C=O) groups is 1. The molecule has 4 N–H and O–H groups in total. The number of ether oxygens (including phenoxy) is 1. The van der Waals surface area contributed by atoms with Crippen molar-refractivity contribution in [2.75, 3.05) is 26.2 Å². The van der Waals surface area contributed by atoms with Gasteiger partial charge in [-0.3, -0.25) is 4.79 Å². The van der Waals surface area contributed by atoms with Crippen LogP contribution >= 0.6 is 0 Å². The van der Waals surface area contributed by atoms with Gasteiger partial charge in [0.25, 0.3) is 0 Å². The monoisotopic (exact) mass is 380 g/mol. The summed E-state index contributed by atoms with van der Waals surface area (Å²) in [5.41, 5.74) is 13.3. The minimum absolute atomic E-state index is 0.333. The number of rotatable bonds is 6. The Balaban J connectivity index is 0.000000640. The van der Waals surface area contributed by atoms with Crippen molar-refractivity contribution in [3.8, 4) is 22.9 Å². The van der Waals surface area contributed by atoms with Crippen LogP contribution in [0.4, 0.5) is 0 Å². The molecule has 1 atom stereocenters. The highest BCUT2D eigenvalue weighted by atomic mass is 16.5. The zero-order valence-corrected chi connectivity index (χ0v) is 16.3. The van der Waals surface area contributed by atoms with Crippen LogP contribution in [0.2, 0.25) is 0 Å². The van der Waals surface area contributed by atoms with Gasteiger partial charge in [0.15, 0.2) is 0 Å². The summed E-state index contributed by atoms with van der Waals surface area (Å²) in [6, 6.07) is 18.2. The molecule has 0 aliphatic carbocycles. The average molecular weight is 380 g/mol. The Kier molecular flexibility index (Phi) is 8.47. The van der Waals surface area contributed by atoms with Gasteiger partial charge in [-0.15, -0.1) is 0 Å². The summed E-state index contributed by atoms with van der Waals surface area (Å²) in [5.74, 6) is 0.561. The first-order chi connectivity index (χ1) is 13.5. The van der Waals surface area contributed by atoms with Crippen molar-refractivity contribution in [3.05, 3.63) is 54.1 Å². The standard InChI is InChI=1S/C20H23N3O.C2H5NO/c21-14-16-2-4-17(5-3-16)18-6-8-20(9-7-18)24-13-1-11-23-12-10-19(22)15-23;1-2(3)4/h2-9,19H,1,10-13,15,22H2;1H3,(H2,3,4)/t19-;/m1./s1. The van der Waals surface area contributed by atoms with Gasteiger partial charge in [-0.2, -0.15) is 5.26 Å². The van der Waals surface area contributed by atoms with Gasteiger partial charge >= 0.3 is 0 Å². The van der Waals surface area contributed by atoms with Crippen molar-refractivity contribution in [2.24, 2.45) is 11.5 Å². The van der Waals surface area contributed by atoms with Crippen LogP contribution in [0.15, 0.2) is 48.5 Å². The van der Waals surface area contributed by atoms with Crippen molar-refractivity contribution in [3.63, 3.8) is 0 Å². The lowest BCUT2D eigenvalue weighted by molar-refractivity contribution is -0.115. The first-order valence-electron chi connectivity index (χ1n) is 9.45. The maximum absolute atomic E-state index is 9.22. The van der Waals surface area contributed by atoms with Crippen molar-refractivity contribution < 1.29 is 9.53 Å². The van der Waals surface area contributed by atoms with Crippen LogP contribution in [0.5, 0.6) is 5.75 Å². The summed E-state index contributed by atoms with van der Waals surface area (Å²) < 4.78 is 5.82. The number of hydrogen-bond acceptors (Lipinski definition) is 5. The van der Waals surface area contributed by atoms with Gasteiger partial charge in [0.05, 0.1) is 18.2 Å². The van der Waals surface area contributed by atoms with E-state index in [4.69, 9.17) is 15.7 Å². The second-order valence-electron chi connectivity index (χ2n) is 6.88. The third kappa shape index (κ3) is 7.39. The van der Waals surface area contributed by atoms with E-state index in [1.165, 1.54) is 6.92 Å². The number of primary amides is 1. The molecule has 1 heterocycles. The number of likely N-dealkylation sites (tertiary alicyclic amines) is 1. The van der Waals surface area contributed by atoms with Crippen molar-refractivity contribution in [1.29, 1.82) is 5.26 Å². The van der Waals surface area contributed by atoms with Gasteiger partial charge in [0.2, 0.25) is 5.91 Å². The van der Waals surface area contributed by atoms with E-state index in [0.717, 1.165) is 56.0 Å². The van der Waals surface area contributed by atoms with E-state index in [1.807, 2.05) is 36.4 Å². The summed E-state index contributed by atoms with van der Waals surface area (Å²) in [4.78, 5) is 11.6. The number of amides is 1. The lowest BCUT2D eigenvalue weighted by atomic mass is 10.0. The highest BCUT2D eigenvalue weighted by Gasteiger charge is 2.17. The lowest BCUT2D eigenvalue weighted by Gasteiger charge is -2.15. The molecular formula is C22H28N4O2. The molecule has 1 fully saturated rings. The van der Waals surface area contributed by atoms with Gasteiger partial charge in [-0.25, -0.2) is 0 Å².